The summed E-state index contributed by atoms with van der Waals surface area (Å²) in [4.78, 5) is 14.8. The highest BCUT2D eigenvalue weighted by atomic mass is 16.1. The maximum Gasteiger partial charge on any atom is 0.183 e. The fourth-order valence-electron chi connectivity index (χ4n) is 3.04. The van der Waals surface area contributed by atoms with Gasteiger partial charge in [0.2, 0.25) is 0 Å². The Hall–Kier alpha value is -2.23. The van der Waals surface area contributed by atoms with Gasteiger partial charge in [0.15, 0.2) is 5.78 Å². The van der Waals surface area contributed by atoms with Crippen LogP contribution in [0, 0.1) is 20.8 Å². The van der Waals surface area contributed by atoms with Gasteiger partial charge in [0.05, 0.1) is 6.54 Å². The third kappa shape index (κ3) is 3.64. The maximum atomic E-state index is 12.5. The van der Waals surface area contributed by atoms with Crippen molar-refractivity contribution in [1.29, 1.82) is 0 Å². The van der Waals surface area contributed by atoms with Crippen LogP contribution < -0.4 is 10.2 Å². The Morgan fingerprint density at radius 2 is 1.79 bits per heavy atom. The molecule has 1 heterocycles. The normalized spacial score (nSPS) is 10.8. The molecule has 4 heteroatoms. The van der Waals surface area contributed by atoms with E-state index in [0.717, 1.165) is 41.3 Å². The highest BCUT2D eigenvalue weighted by Crippen LogP contribution is 2.23. The number of nitrogens with one attached hydrogen (secondary N) is 1. The summed E-state index contributed by atoms with van der Waals surface area (Å²) in [6.07, 6.45) is 0. The van der Waals surface area contributed by atoms with E-state index in [1.54, 1.807) is 0 Å². The van der Waals surface area contributed by atoms with Crippen LogP contribution in [0.1, 0.15) is 41.2 Å². The molecule has 0 unspecified atom stereocenters. The molecular formula is C20H29N3O. The first-order chi connectivity index (χ1) is 11.4. The molecule has 130 valence electrons. The number of aryl methyl sites for hydroxylation is 2. The second-order valence-electron chi connectivity index (χ2n) is 6.29. The zero-order valence-electron chi connectivity index (χ0n) is 15.7. The Morgan fingerprint density at radius 3 is 2.29 bits per heavy atom. The van der Waals surface area contributed by atoms with Crippen LogP contribution in [0.15, 0.2) is 24.3 Å². The van der Waals surface area contributed by atoms with E-state index >= 15 is 0 Å². The predicted octanol–water partition coefficient (Wildman–Crippen LogP) is 4.09. The molecule has 0 spiro atoms. The summed E-state index contributed by atoms with van der Waals surface area (Å²) in [5.41, 5.74) is 6.34. The summed E-state index contributed by atoms with van der Waals surface area (Å²) >= 11 is 0. The molecule has 0 aliphatic heterocycles. The van der Waals surface area contributed by atoms with Crippen LogP contribution in [0.2, 0.25) is 0 Å². The number of benzene rings is 1. The average molecular weight is 327 g/mol. The molecule has 0 saturated carbocycles. The van der Waals surface area contributed by atoms with E-state index in [1.807, 2.05) is 27.0 Å². The lowest BCUT2D eigenvalue weighted by Gasteiger charge is -2.22. The first-order valence-corrected chi connectivity index (χ1v) is 8.64. The number of anilines is 2. The van der Waals surface area contributed by atoms with Crippen molar-refractivity contribution < 1.29 is 4.79 Å². The summed E-state index contributed by atoms with van der Waals surface area (Å²) in [5, 5.41) is 3.29. The zero-order chi connectivity index (χ0) is 17.9. The second-order valence-corrected chi connectivity index (χ2v) is 6.29. The lowest BCUT2D eigenvalue weighted by molar-refractivity contribution is 0.101. The van der Waals surface area contributed by atoms with Gasteiger partial charge >= 0.3 is 0 Å². The number of ketones is 1. The number of Topliss-reactive ketones (excluding diaryl/α,β-unsaturated/α-hetero) is 1. The van der Waals surface area contributed by atoms with Gasteiger partial charge in [0.1, 0.15) is 0 Å². The Morgan fingerprint density at radius 1 is 1.12 bits per heavy atom. The summed E-state index contributed by atoms with van der Waals surface area (Å²) in [7, 11) is 1.99. The van der Waals surface area contributed by atoms with Gasteiger partial charge in [0, 0.05) is 48.5 Å². The van der Waals surface area contributed by atoms with Gasteiger partial charge in [-0.05, 0) is 64.4 Å². The number of carbonyl (C=O) groups excluding carboxylic acids is 1. The van der Waals surface area contributed by atoms with Crippen molar-refractivity contribution in [3.05, 3.63) is 46.8 Å². The Balaban J connectivity index is 2.09. The van der Waals surface area contributed by atoms with Crippen LogP contribution in [0.5, 0.6) is 0 Å². The van der Waals surface area contributed by atoms with Crippen molar-refractivity contribution in [2.45, 2.75) is 34.6 Å². The van der Waals surface area contributed by atoms with Crippen LogP contribution in [0.4, 0.5) is 11.4 Å². The largest absolute Gasteiger partial charge is 0.377 e. The topological polar surface area (TPSA) is 37.3 Å². The molecule has 4 nitrogen and oxygen atoms in total. The van der Waals surface area contributed by atoms with Crippen LogP contribution in [-0.4, -0.2) is 30.0 Å². The molecule has 0 saturated heterocycles. The molecule has 0 fully saturated rings. The predicted molar refractivity (Wildman–Crippen MR) is 102 cm³/mol. The second kappa shape index (κ2) is 7.56. The molecule has 2 aromatic rings. The van der Waals surface area contributed by atoms with Crippen molar-refractivity contribution in [2.75, 3.05) is 29.9 Å². The molecule has 0 aliphatic rings. The fourth-order valence-corrected chi connectivity index (χ4v) is 3.04. The molecule has 0 amide bonds. The van der Waals surface area contributed by atoms with Gasteiger partial charge in [-0.1, -0.05) is 0 Å². The van der Waals surface area contributed by atoms with E-state index in [2.05, 4.69) is 53.8 Å². The SMILES string of the molecule is CCN(CC)c1ccc(NCC(=O)c2cc(C)n(C)c2C)c(C)c1. The monoisotopic (exact) mass is 327 g/mol. The van der Waals surface area contributed by atoms with Gasteiger partial charge in [-0.2, -0.15) is 0 Å². The van der Waals surface area contributed by atoms with E-state index in [4.69, 9.17) is 0 Å². The molecule has 0 bridgehead atoms. The first-order valence-electron chi connectivity index (χ1n) is 8.64. The molecule has 0 atom stereocenters. The van der Waals surface area contributed by atoms with Crippen LogP contribution >= 0.6 is 0 Å². The highest BCUT2D eigenvalue weighted by molar-refractivity contribution is 6.00. The summed E-state index contributed by atoms with van der Waals surface area (Å²) in [6.45, 7) is 12.7. The van der Waals surface area contributed by atoms with Gasteiger partial charge in [-0.25, -0.2) is 0 Å². The molecule has 2 rings (SSSR count). The van der Waals surface area contributed by atoms with Gasteiger partial charge in [-0.3, -0.25) is 4.79 Å². The van der Waals surface area contributed by atoms with Crippen molar-refractivity contribution in [3.63, 3.8) is 0 Å². The van der Waals surface area contributed by atoms with Crippen molar-refractivity contribution >= 4 is 17.2 Å². The van der Waals surface area contributed by atoms with Crippen LogP contribution in [0.3, 0.4) is 0 Å². The summed E-state index contributed by atoms with van der Waals surface area (Å²) in [5.74, 6) is 0.128. The average Bonchev–Trinajstić information content (AvgIpc) is 2.82. The Kier molecular flexibility index (Phi) is 5.71. The zero-order valence-corrected chi connectivity index (χ0v) is 15.7. The minimum absolute atomic E-state index is 0.128. The van der Waals surface area contributed by atoms with Gasteiger partial charge in [-0.15, -0.1) is 0 Å². The van der Waals surface area contributed by atoms with E-state index < -0.39 is 0 Å². The summed E-state index contributed by atoms with van der Waals surface area (Å²) in [6, 6.07) is 8.33. The number of aromatic nitrogens is 1. The van der Waals surface area contributed by atoms with Gasteiger partial charge < -0.3 is 14.8 Å². The standard InChI is InChI=1S/C20H29N3O/c1-7-23(8-2)17-9-10-19(14(3)11-17)21-13-20(24)18-12-15(4)22(6)16(18)5/h9-12,21H,7-8,13H2,1-6H3. The van der Waals surface area contributed by atoms with Crippen LogP contribution in [-0.2, 0) is 7.05 Å². The maximum absolute atomic E-state index is 12.5. The quantitative estimate of drug-likeness (QED) is 0.778. The number of nitrogens with zero attached hydrogens (tertiary/aromatic N) is 2. The van der Waals surface area contributed by atoms with Gasteiger partial charge in [0.25, 0.3) is 0 Å². The lowest BCUT2D eigenvalue weighted by Crippen LogP contribution is -2.22. The van der Waals surface area contributed by atoms with E-state index in [-0.39, 0.29) is 5.78 Å². The van der Waals surface area contributed by atoms with Crippen molar-refractivity contribution in [2.24, 2.45) is 7.05 Å². The fraction of sp³-hybridized carbons (Fsp3) is 0.450. The third-order valence-electron chi connectivity index (χ3n) is 4.85. The minimum atomic E-state index is 0.128. The molecule has 0 radical (unpaired) electrons. The van der Waals surface area contributed by atoms with E-state index in [0.29, 0.717) is 6.54 Å². The van der Waals surface area contributed by atoms with Crippen molar-refractivity contribution in [3.8, 4) is 0 Å². The highest BCUT2D eigenvalue weighted by Gasteiger charge is 2.14. The minimum Gasteiger partial charge on any atom is -0.377 e. The molecule has 24 heavy (non-hydrogen) atoms. The number of rotatable bonds is 7. The molecule has 1 aromatic heterocycles. The third-order valence-corrected chi connectivity index (χ3v) is 4.85. The first kappa shape index (κ1) is 18.1. The summed E-state index contributed by atoms with van der Waals surface area (Å²) < 4.78 is 2.05. The molecule has 1 N–H and O–H groups in total. The smallest absolute Gasteiger partial charge is 0.183 e. The van der Waals surface area contributed by atoms with E-state index in [1.165, 1.54) is 5.69 Å². The molecule has 0 aliphatic carbocycles. The number of carbonyl (C=O) groups is 1. The molecular weight excluding hydrogens is 298 g/mol. The molecule has 1 aromatic carbocycles. The lowest BCUT2D eigenvalue weighted by atomic mass is 10.1. The number of hydrogen-bond donors (Lipinski definition) is 1. The van der Waals surface area contributed by atoms with E-state index in [9.17, 15) is 4.79 Å². The van der Waals surface area contributed by atoms with Crippen molar-refractivity contribution in [1.82, 2.24) is 4.57 Å². The van der Waals surface area contributed by atoms with Crippen LogP contribution in [0.25, 0.3) is 0 Å². The Bertz CT molecular complexity index is 727. The number of hydrogen-bond acceptors (Lipinski definition) is 3. The Labute approximate surface area is 145 Å².